The van der Waals surface area contributed by atoms with Crippen LogP contribution in [0.5, 0.6) is 0 Å². The first-order valence-corrected chi connectivity index (χ1v) is 7.20. The van der Waals surface area contributed by atoms with Crippen LogP contribution in [0.1, 0.15) is 11.1 Å². The van der Waals surface area contributed by atoms with Crippen LogP contribution in [-0.4, -0.2) is 35.7 Å². The van der Waals surface area contributed by atoms with Crippen molar-refractivity contribution >= 4 is 37.4 Å². The van der Waals surface area contributed by atoms with E-state index >= 15 is 0 Å². The summed E-state index contributed by atoms with van der Waals surface area (Å²) in [7, 11) is 0. The van der Waals surface area contributed by atoms with Gasteiger partial charge in [0, 0.05) is 10.5 Å². The van der Waals surface area contributed by atoms with E-state index in [4.69, 9.17) is 0 Å². The van der Waals surface area contributed by atoms with Gasteiger partial charge in [-0.15, -0.1) is 0 Å². The molecule has 1 rings (SSSR count). The average molecular weight is 308 g/mol. The van der Waals surface area contributed by atoms with Crippen LogP contribution >= 0.6 is 25.3 Å². The lowest BCUT2D eigenvalue weighted by molar-refractivity contribution is 0.562. The second-order valence-electron chi connectivity index (χ2n) is 4.40. The van der Waals surface area contributed by atoms with Crippen molar-refractivity contribution in [1.29, 1.82) is 0 Å². The summed E-state index contributed by atoms with van der Waals surface area (Å²) in [5.74, 6) is 0. The molecule has 0 amide bonds. The molecule has 0 saturated heterocycles. The van der Waals surface area contributed by atoms with Gasteiger partial charge in [0.05, 0.1) is 13.1 Å². The van der Waals surface area contributed by atoms with Crippen molar-refractivity contribution in [1.82, 2.24) is 0 Å². The number of hydrogen-bond donors (Lipinski definition) is 2. The van der Waals surface area contributed by atoms with Gasteiger partial charge in [0.2, 0.25) is 12.2 Å². The molecular formula is C14H16N2O2S2. The van der Waals surface area contributed by atoms with Gasteiger partial charge in [-0.2, -0.15) is 25.3 Å². The van der Waals surface area contributed by atoms with Crippen LogP contribution in [0.25, 0.3) is 0 Å². The minimum absolute atomic E-state index is 0.00170. The standard InChI is InChI=1S/C14H16N2O2S2/c17-9-15-7-13(19)5-11-2-1-3-12(4-11)6-14(20)8-16-10-18/h1-4,13-14,19-20H,5-8H2. The molecule has 0 fully saturated rings. The van der Waals surface area contributed by atoms with E-state index in [2.05, 4.69) is 41.3 Å². The Kier molecular flexibility index (Phi) is 8.00. The number of hydrogen-bond acceptors (Lipinski definition) is 6. The van der Waals surface area contributed by atoms with Crippen molar-refractivity contribution in [2.75, 3.05) is 13.1 Å². The normalized spacial score (nSPS) is 12.9. The van der Waals surface area contributed by atoms with Gasteiger partial charge in [-0.1, -0.05) is 24.3 Å². The first-order chi connectivity index (χ1) is 9.65. The molecule has 1 aromatic rings. The van der Waals surface area contributed by atoms with E-state index in [1.54, 1.807) is 0 Å². The summed E-state index contributed by atoms with van der Waals surface area (Å²) in [6.45, 7) is 0.722. The number of isocyanates is 2. The third-order valence-corrected chi connectivity index (χ3v) is 3.36. The van der Waals surface area contributed by atoms with Crippen molar-refractivity contribution < 1.29 is 9.59 Å². The highest BCUT2D eigenvalue weighted by atomic mass is 32.1. The van der Waals surface area contributed by atoms with Crippen molar-refractivity contribution in [3.05, 3.63) is 35.4 Å². The van der Waals surface area contributed by atoms with Crippen molar-refractivity contribution in [2.45, 2.75) is 23.3 Å². The predicted octanol–water partition coefficient (Wildman–Crippen LogP) is 2.04. The molecular weight excluding hydrogens is 292 g/mol. The highest BCUT2D eigenvalue weighted by Gasteiger charge is 2.07. The van der Waals surface area contributed by atoms with Crippen LogP contribution in [0, 0.1) is 0 Å². The lowest BCUT2D eigenvalue weighted by atomic mass is 10.0. The molecule has 0 heterocycles. The quantitative estimate of drug-likeness (QED) is 0.439. The molecule has 0 radical (unpaired) electrons. The van der Waals surface area contributed by atoms with E-state index in [-0.39, 0.29) is 10.5 Å². The Hall–Kier alpha value is -1.32. The number of carbonyl (C=O) groups excluding carboxylic acids is 2. The van der Waals surface area contributed by atoms with Crippen molar-refractivity contribution in [3.8, 4) is 0 Å². The zero-order valence-electron chi connectivity index (χ0n) is 10.9. The summed E-state index contributed by atoms with van der Waals surface area (Å²) in [6, 6.07) is 8.06. The van der Waals surface area contributed by atoms with Crippen LogP contribution in [0.4, 0.5) is 0 Å². The fourth-order valence-electron chi connectivity index (χ4n) is 1.84. The Morgan fingerprint density at radius 1 is 0.950 bits per heavy atom. The van der Waals surface area contributed by atoms with Gasteiger partial charge < -0.3 is 0 Å². The molecule has 1 aromatic carbocycles. The van der Waals surface area contributed by atoms with Crippen LogP contribution in [0.3, 0.4) is 0 Å². The lowest BCUT2D eigenvalue weighted by Gasteiger charge is -2.11. The monoisotopic (exact) mass is 308 g/mol. The van der Waals surface area contributed by atoms with E-state index in [0.717, 1.165) is 24.0 Å². The summed E-state index contributed by atoms with van der Waals surface area (Å²) in [5, 5.41) is -0.00340. The average Bonchev–Trinajstić information content (AvgIpc) is 2.43. The van der Waals surface area contributed by atoms with Crippen LogP contribution in [-0.2, 0) is 22.4 Å². The predicted molar refractivity (Wildman–Crippen MR) is 85.4 cm³/mol. The summed E-state index contributed by atoms with van der Waals surface area (Å²) in [6.07, 6.45) is 4.49. The number of benzene rings is 1. The highest BCUT2D eigenvalue weighted by molar-refractivity contribution is 7.81. The molecule has 2 unspecified atom stereocenters. The molecule has 2 atom stereocenters. The molecule has 0 saturated carbocycles. The van der Waals surface area contributed by atoms with Gasteiger partial charge in [-0.05, 0) is 24.0 Å². The number of rotatable bonds is 8. The number of thiol groups is 2. The molecule has 0 bridgehead atoms. The minimum Gasteiger partial charge on any atom is -0.211 e. The third-order valence-electron chi connectivity index (χ3n) is 2.67. The summed E-state index contributed by atoms with van der Waals surface area (Å²) in [5.41, 5.74) is 2.26. The van der Waals surface area contributed by atoms with Crippen molar-refractivity contribution in [3.63, 3.8) is 0 Å². The summed E-state index contributed by atoms with van der Waals surface area (Å²) in [4.78, 5) is 27.2. The van der Waals surface area contributed by atoms with Gasteiger partial charge in [0.1, 0.15) is 0 Å². The molecule has 106 valence electrons. The Balaban J connectivity index is 2.60. The van der Waals surface area contributed by atoms with E-state index in [1.165, 1.54) is 12.2 Å². The van der Waals surface area contributed by atoms with Crippen LogP contribution < -0.4 is 0 Å². The smallest absolute Gasteiger partial charge is 0.211 e. The maximum atomic E-state index is 10.1. The Morgan fingerprint density at radius 2 is 1.40 bits per heavy atom. The Bertz CT molecular complexity index is 480. The molecule has 6 heteroatoms. The molecule has 0 aliphatic carbocycles. The van der Waals surface area contributed by atoms with Gasteiger partial charge in [-0.3, -0.25) is 0 Å². The van der Waals surface area contributed by atoms with Crippen LogP contribution in [0.15, 0.2) is 34.3 Å². The fourth-order valence-corrected chi connectivity index (χ4v) is 2.43. The molecule has 4 nitrogen and oxygen atoms in total. The molecule has 0 aromatic heterocycles. The highest BCUT2D eigenvalue weighted by Crippen LogP contribution is 2.14. The topological polar surface area (TPSA) is 58.9 Å². The van der Waals surface area contributed by atoms with Gasteiger partial charge in [-0.25, -0.2) is 19.6 Å². The van der Waals surface area contributed by atoms with Gasteiger partial charge in [0.25, 0.3) is 0 Å². The zero-order valence-corrected chi connectivity index (χ0v) is 12.7. The molecule has 20 heavy (non-hydrogen) atoms. The Morgan fingerprint density at radius 3 is 1.80 bits per heavy atom. The third kappa shape index (κ3) is 6.73. The summed E-state index contributed by atoms with van der Waals surface area (Å²) >= 11 is 8.76. The minimum atomic E-state index is -0.00170. The van der Waals surface area contributed by atoms with Gasteiger partial charge >= 0.3 is 0 Å². The molecule has 0 N–H and O–H groups in total. The SMILES string of the molecule is O=C=NCC(S)Cc1cccc(CC(S)CN=C=O)c1. The first-order valence-electron chi connectivity index (χ1n) is 6.17. The molecule has 0 aliphatic heterocycles. The molecule has 0 aliphatic rings. The second kappa shape index (κ2) is 9.56. The van der Waals surface area contributed by atoms with Crippen LogP contribution in [0.2, 0.25) is 0 Å². The van der Waals surface area contributed by atoms with E-state index in [1.807, 2.05) is 18.2 Å². The lowest BCUT2D eigenvalue weighted by Crippen LogP contribution is -2.10. The maximum absolute atomic E-state index is 10.1. The Labute approximate surface area is 129 Å². The van der Waals surface area contributed by atoms with Crippen molar-refractivity contribution in [2.24, 2.45) is 9.98 Å². The zero-order chi connectivity index (χ0) is 14.8. The van der Waals surface area contributed by atoms with E-state index < -0.39 is 0 Å². The fraction of sp³-hybridized carbons (Fsp3) is 0.429. The number of aliphatic imine (C=N–C) groups is 2. The first kappa shape index (κ1) is 16.7. The van der Waals surface area contributed by atoms with E-state index in [0.29, 0.717) is 13.1 Å². The summed E-state index contributed by atoms with van der Waals surface area (Å²) < 4.78 is 0. The van der Waals surface area contributed by atoms with E-state index in [9.17, 15) is 9.59 Å². The largest absolute Gasteiger partial charge is 0.234 e. The second-order valence-corrected chi connectivity index (χ2v) is 5.86. The molecule has 0 spiro atoms. The maximum Gasteiger partial charge on any atom is 0.234 e. The van der Waals surface area contributed by atoms with Gasteiger partial charge in [0.15, 0.2) is 0 Å². The number of nitrogens with zero attached hydrogens (tertiary/aromatic N) is 2.